The zero-order chi connectivity index (χ0) is 22.0. The van der Waals surface area contributed by atoms with Gasteiger partial charge < -0.3 is 0 Å². The van der Waals surface area contributed by atoms with Crippen LogP contribution in [-0.2, 0) is 10.0 Å². The number of sulfonamides is 1. The Labute approximate surface area is 181 Å². The Bertz CT molecular complexity index is 1080. The van der Waals surface area contributed by atoms with Gasteiger partial charge in [-0.3, -0.25) is 4.90 Å². The highest BCUT2D eigenvalue weighted by Gasteiger charge is 2.32. The fourth-order valence-corrected chi connectivity index (χ4v) is 5.39. The Morgan fingerprint density at radius 3 is 1.61 bits per heavy atom. The van der Waals surface area contributed by atoms with Gasteiger partial charge in [-0.25, -0.2) is 17.2 Å². The summed E-state index contributed by atoms with van der Waals surface area (Å²) in [4.78, 5) is 2.45. The van der Waals surface area contributed by atoms with Crippen LogP contribution < -0.4 is 0 Å². The molecule has 0 aromatic heterocycles. The first-order valence-electron chi connectivity index (χ1n) is 10.2. The quantitative estimate of drug-likeness (QED) is 0.589. The zero-order valence-electron chi connectivity index (χ0n) is 17.2. The first-order valence-corrected chi connectivity index (χ1v) is 11.6. The molecule has 1 saturated heterocycles. The summed E-state index contributed by atoms with van der Waals surface area (Å²) in [5.41, 5.74) is 2.76. The van der Waals surface area contributed by atoms with Gasteiger partial charge in [-0.1, -0.05) is 42.0 Å². The average Bonchev–Trinajstić information content (AvgIpc) is 2.77. The van der Waals surface area contributed by atoms with E-state index in [1.54, 1.807) is 48.5 Å². The molecule has 0 amide bonds. The summed E-state index contributed by atoms with van der Waals surface area (Å²) in [6.07, 6.45) is 0. The van der Waals surface area contributed by atoms with Crippen molar-refractivity contribution in [3.63, 3.8) is 0 Å². The number of piperazine rings is 1. The van der Waals surface area contributed by atoms with Crippen LogP contribution in [0.4, 0.5) is 8.78 Å². The molecule has 0 atom stereocenters. The molecule has 31 heavy (non-hydrogen) atoms. The molecule has 0 saturated carbocycles. The van der Waals surface area contributed by atoms with Gasteiger partial charge in [-0.05, 0) is 54.4 Å². The van der Waals surface area contributed by atoms with E-state index in [1.165, 1.54) is 28.6 Å². The molecule has 0 aliphatic carbocycles. The van der Waals surface area contributed by atoms with Gasteiger partial charge in [0, 0.05) is 26.2 Å². The van der Waals surface area contributed by atoms with Gasteiger partial charge in [0.2, 0.25) is 10.0 Å². The van der Waals surface area contributed by atoms with Crippen LogP contribution in [0.5, 0.6) is 0 Å². The van der Waals surface area contributed by atoms with E-state index in [2.05, 4.69) is 4.90 Å². The predicted molar refractivity (Wildman–Crippen MR) is 116 cm³/mol. The van der Waals surface area contributed by atoms with Crippen LogP contribution in [0.25, 0.3) is 0 Å². The van der Waals surface area contributed by atoms with Crippen LogP contribution in [0.3, 0.4) is 0 Å². The first kappa shape index (κ1) is 21.6. The van der Waals surface area contributed by atoms with E-state index in [0.29, 0.717) is 31.1 Å². The van der Waals surface area contributed by atoms with Crippen molar-refractivity contribution in [3.8, 4) is 0 Å². The van der Waals surface area contributed by atoms with Gasteiger partial charge in [0.25, 0.3) is 0 Å². The van der Waals surface area contributed by atoms with Crippen molar-refractivity contribution in [1.29, 1.82) is 0 Å². The van der Waals surface area contributed by atoms with Crippen molar-refractivity contribution in [1.82, 2.24) is 9.21 Å². The summed E-state index contributed by atoms with van der Waals surface area (Å²) in [5, 5.41) is 0. The maximum absolute atomic E-state index is 13.5. The van der Waals surface area contributed by atoms with Crippen LogP contribution in [0.2, 0.25) is 0 Å². The number of hydrogen-bond donors (Lipinski definition) is 0. The van der Waals surface area contributed by atoms with E-state index < -0.39 is 10.0 Å². The Morgan fingerprint density at radius 2 is 1.16 bits per heavy atom. The molecule has 4 rings (SSSR count). The summed E-state index contributed by atoms with van der Waals surface area (Å²) in [6.45, 7) is 3.61. The highest BCUT2D eigenvalue weighted by atomic mass is 32.2. The summed E-state index contributed by atoms with van der Waals surface area (Å²) in [5.74, 6) is -0.647. The number of hydrogen-bond acceptors (Lipinski definition) is 3. The van der Waals surface area contributed by atoms with E-state index in [1.807, 2.05) is 6.92 Å². The second kappa shape index (κ2) is 8.86. The summed E-state index contributed by atoms with van der Waals surface area (Å²) in [7, 11) is -3.56. The molecule has 0 radical (unpaired) electrons. The second-order valence-electron chi connectivity index (χ2n) is 7.76. The fraction of sp³-hybridized carbons (Fsp3) is 0.250. The average molecular weight is 443 g/mol. The van der Waals surface area contributed by atoms with Crippen LogP contribution in [0.1, 0.15) is 22.7 Å². The minimum atomic E-state index is -3.56. The van der Waals surface area contributed by atoms with E-state index >= 15 is 0 Å². The number of aryl methyl sites for hydroxylation is 1. The lowest BCUT2D eigenvalue weighted by atomic mass is 9.96. The van der Waals surface area contributed by atoms with Crippen LogP contribution in [0, 0.1) is 18.6 Å². The van der Waals surface area contributed by atoms with Crippen molar-refractivity contribution < 1.29 is 17.2 Å². The Hall–Kier alpha value is -2.61. The van der Waals surface area contributed by atoms with E-state index in [4.69, 9.17) is 0 Å². The molecule has 0 unspecified atom stereocenters. The summed E-state index contributed by atoms with van der Waals surface area (Å²) < 4.78 is 54.5. The predicted octanol–water partition coefficient (Wildman–Crippen LogP) is 4.37. The molecule has 7 heteroatoms. The molecule has 0 spiro atoms. The Kier molecular flexibility index (Phi) is 6.18. The van der Waals surface area contributed by atoms with Gasteiger partial charge in [0.15, 0.2) is 0 Å². The molecule has 4 nitrogen and oxygen atoms in total. The van der Waals surface area contributed by atoms with Crippen LogP contribution >= 0.6 is 0 Å². The van der Waals surface area contributed by atoms with Gasteiger partial charge in [0.1, 0.15) is 11.6 Å². The maximum atomic E-state index is 13.5. The monoisotopic (exact) mass is 442 g/mol. The third-order valence-electron chi connectivity index (χ3n) is 5.67. The molecule has 3 aromatic carbocycles. The minimum absolute atomic E-state index is 0.217. The topological polar surface area (TPSA) is 40.6 Å². The normalized spacial score (nSPS) is 16.0. The van der Waals surface area contributed by atoms with E-state index in [-0.39, 0.29) is 17.7 Å². The van der Waals surface area contributed by atoms with E-state index in [9.17, 15) is 17.2 Å². The standard InChI is InChI=1S/C24H24F2N2O2S/c1-18-2-12-23(13-3-18)31(29,30)28-16-14-27(15-17-28)24(19-4-8-21(25)9-5-19)20-6-10-22(26)11-7-20/h2-13,24H,14-17H2,1H3. The molecular weight excluding hydrogens is 418 g/mol. The van der Waals surface area contributed by atoms with Crippen LogP contribution in [-0.4, -0.2) is 43.8 Å². The fourth-order valence-electron chi connectivity index (χ4n) is 3.97. The number of benzene rings is 3. The van der Waals surface area contributed by atoms with Gasteiger partial charge in [0.05, 0.1) is 10.9 Å². The number of halogens is 2. The largest absolute Gasteiger partial charge is 0.290 e. The lowest BCUT2D eigenvalue weighted by molar-refractivity contribution is 0.155. The minimum Gasteiger partial charge on any atom is -0.290 e. The first-order chi connectivity index (χ1) is 14.8. The van der Waals surface area contributed by atoms with Crippen molar-refractivity contribution in [3.05, 3.63) is 101 Å². The molecule has 0 N–H and O–H groups in total. The molecule has 3 aromatic rings. The highest BCUT2D eigenvalue weighted by molar-refractivity contribution is 7.89. The Morgan fingerprint density at radius 1 is 0.710 bits per heavy atom. The zero-order valence-corrected chi connectivity index (χ0v) is 18.0. The second-order valence-corrected chi connectivity index (χ2v) is 9.70. The molecule has 1 aliphatic heterocycles. The molecule has 1 heterocycles. The van der Waals surface area contributed by atoms with E-state index in [0.717, 1.165) is 16.7 Å². The lowest BCUT2D eigenvalue weighted by Crippen LogP contribution is -2.49. The van der Waals surface area contributed by atoms with Crippen molar-refractivity contribution in [2.24, 2.45) is 0 Å². The lowest BCUT2D eigenvalue weighted by Gasteiger charge is -2.39. The van der Waals surface area contributed by atoms with Gasteiger partial charge in [-0.15, -0.1) is 0 Å². The Balaban J connectivity index is 1.57. The number of rotatable bonds is 5. The highest BCUT2D eigenvalue weighted by Crippen LogP contribution is 2.31. The van der Waals surface area contributed by atoms with Crippen molar-refractivity contribution in [2.75, 3.05) is 26.2 Å². The summed E-state index contributed by atoms with van der Waals surface area (Å²) >= 11 is 0. The molecular formula is C24H24F2N2O2S. The smallest absolute Gasteiger partial charge is 0.243 e. The number of nitrogens with zero attached hydrogens (tertiary/aromatic N) is 2. The third kappa shape index (κ3) is 4.69. The van der Waals surface area contributed by atoms with Gasteiger partial charge >= 0.3 is 0 Å². The molecule has 0 bridgehead atoms. The van der Waals surface area contributed by atoms with Crippen LogP contribution in [0.15, 0.2) is 77.7 Å². The van der Waals surface area contributed by atoms with Crippen molar-refractivity contribution in [2.45, 2.75) is 17.9 Å². The maximum Gasteiger partial charge on any atom is 0.243 e. The summed E-state index contributed by atoms with van der Waals surface area (Å²) in [6, 6.07) is 19.2. The molecule has 1 aliphatic rings. The van der Waals surface area contributed by atoms with Crippen molar-refractivity contribution >= 4 is 10.0 Å². The SMILES string of the molecule is Cc1ccc(S(=O)(=O)N2CCN(C(c3ccc(F)cc3)c3ccc(F)cc3)CC2)cc1. The molecule has 1 fully saturated rings. The van der Waals surface area contributed by atoms with Gasteiger partial charge in [-0.2, -0.15) is 4.31 Å². The molecule has 162 valence electrons. The third-order valence-corrected chi connectivity index (χ3v) is 7.58.